The zero-order valence-corrected chi connectivity index (χ0v) is 18.9. The van der Waals surface area contributed by atoms with E-state index in [-0.39, 0.29) is 35.3 Å². The average Bonchev–Trinajstić information content (AvgIpc) is 3.04. The van der Waals surface area contributed by atoms with Gasteiger partial charge < -0.3 is 19.7 Å². The van der Waals surface area contributed by atoms with Gasteiger partial charge in [-0.1, -0.05) is 29.8 Å². The summed E-state index contributed by atoms with van der Waals surface area (Å²) < 4.78 is 34.0. The number of ether oxygens (including phenoxy) is 2. The van der Waals surface area contributed by atoms with Gasteiger partial charge in [0.1, 0.15) is 27.4 Å². The minimum absolute atomic E-state index is 0.0450. The number of fused-ring (bicyclic) bond motifs is 1. The third-order valence-corrected chi connectivity index (χ3v) is 6.29. The molecule has 2 aromatic carbocycles. The number of methoxy groups -OCH3 is 2. The van der Waals surface area contributed by atoms with Crippen molar-refractivity contribution in [3.63, 3.8) is 0 Å². The monoisotopic (exact) mass is 466 g/mol. The molecule has 8 nitrogen and oxygen atoms in total. The fraction of sp³-hybridized carbons (Fsp3) is 0.333. The number of sulfone groups is 1. The van der Waals surface area contributed by atoms with Gasteiger partial charge in [-0.3, -0.25) is 9.59 Å². The Labute approximate surface area is 186 Å². The van der Waals surface area contributed by atoms with E-state index in [1.807, 2.05) is 12.1 Å². The maximum absolute atomic E-state index is 13.2. The van der Waals surface area contributed by atoms with Crippen LogP contribution in [0.4, 0.5) is 5.69 Å². The quantitative estimate of drug-likeness (QED) is 0.641. The third-order valence-electron chi connectivity index (χ3n) is 5.02. The average molecular weight is 467 g/mol. The van der Waals surface area contributed by atoms with Crippen LogP contribution in [0.25, 0.3) is 0 Å². The SMILES string of the molecule is COc1cc(OC)c(NC(=O)[C@@H](CCS(C)(=O)=O)N2Cc3ccccc3C2=O)cc1Cl. The number of nitrogens with one attached hydrogen (secondary N) is 1. The van der Waals surface area contributed by atoms with Gasteiger partial charge in [0.15, 0.2) is 0 Å². The van der Waals surface area contributed by atoms with Crippen LogP contribution in [0, 0.1) is 0 Å². The molecule has 3 rings (SSSR count). The topological polar surface area (TPSA) is 102 Å². The Morgan fingerprint density at radius 1 is 1.19 bits per heavy atom. The molecule has 1 aliphatic heterocycles. The van der Waals surface area contributed by atoms with Crippen molar-refractivity contribution in [2.45, 2.75) is 19.0 Å². The number of nitrogens with zero attached hydrogens (tertiary/aromatic N) is 1. The van der Waals surface area contributed by atoms with Crippen molar-refractivity contribution in [3.05, 3.63) is 52.5 Å². The lowest BCUT2D eigenvalue weighted by atomic mass is 10.1. The lowest BCUT2D eigenvalue weighted by Crippen LogP contribution is -2.45. The summed E-state index contributed by atoms with van der Waals surface area (Å²) in [7, 11) is -0.463. The zero-order chi connectivity index (χ0) is 22.8. The Hall–Kier alpha value is -2.78. The molecule has 0 fully saturated rings. The second kappa shape index (κ2) is 9.15. The summed E-state index contributed by atoms with van der Waals surface area (Å²) in [6.45, 7) is 0.220. The largest absolute Gasteiger partial charge is 0.495 e. The van der Waals surface area contributed by atoms with Crippen LogP contribution in [0.3, 0.4) is 0 Å². The lowest BCUT2D eigenvalue weighted by molar-refractivity contribution is -0.120. The normalized spacial score (nSPS) is 14.2. The molecule has 0 radical (unpaired) electrons. The van der Waals surface area contributed by atoms with Gasteiger partial charge in [-0.05, 0) is 24.1 Å². The Kier molecular flexibility index (Phi) is 6.76. The Balaban J connectivity index is 1.91. The van der Waals surface area contributed by atoms with Crippen molar-refractivity contribution in [3.8, 4) is 11.5 Å². The third kappa shape index (κ3) is 5.11. The van der Waals surface area contributed by atoms with Gasteiger partial charge in [-0.25, -0.2) is 8.42 Å². The van der Waals surface area contributed by atoms with Gasteiger partial charge in [-0.15, -0.1) is 0 Å². The molecule has 1 aliphatic rings. The first-order valence-corrected chi connectivity index (χ1v) is 11.9. The smallest absolute Gasteiger partial charge is 0.255 e. The highest BCUT2D eigenvalue weighted by atomic mass is 35.5. The first-order valence-electron chi connectivity index (χ1n) is 9.43. The standard InChI is InChI=1S/C21H23ClN2O6S/c1-29-18-11-19(30-2)16(10-15(18)22)23-20(25)17(8-9-31(3,27)28)24-12-13-6-4-5-7-14(13)21(24)26/h4-7,10-11,17H,8-9,12H2,1-3H3,(H,23,25)/t17-/m1/s1. The molecule has 2 amide bonds. The molecule has 166 valence electrons. The number of rotatable bonds is 8. The van der Waals surface area contributed by atoms with Gasteiger partial charge in [0.2, 0.25) is 5.91 Å². The molecule has 0 spiro atoms. The predicted octanol–water partition coefficient (Wildman–Crippen LogP) is 2.76. The lowest BCUT2D eigenvalue weighted by Gasteiger charge is -2.27. The van der Waals surface area contributed by atoms with Crippen molar-refractivity contribution in [2.24, 2.45) is 0 Å². The van der Waals surface area contributed by atoms with E-state index in [0.717, 1.165) is 11.8 Å². The van der Waals surface area contributed by atoms with Crippen molar-refractivity contribution in [1.82, 2.24) is 4.90 Å². The van der Waals surface area contributed by atoms with Crippen LogP contribution in [0.15, 0.2) is 36.4 Å². The number of benzene rings is 2. The van der Waals surface area contributed by atoms with E-state index in [9.17, 15) is 18.0 Å². The second-order valence-electron chi connectivity index (χ2n) is 7.20. The van der Waals surface area contributed by atoms with Crippen molar-refractivity contribution in [1.29, 1.82) is 0 Å². The van der Waals surface area contributed by atoms with Crippen molar-refractivity contribution < 1.29 is 27.5 Å². The highest BCUT2D eigenvalue weighted by molar-refractivity contribution is 7.90. The second-order valence-corrected chi connectivity index (χ2v) is 9.87. The van der Waals surface area contributed by atoms with Crippen LogP contribution in [0.5, 0.6) is 11.5 Å². The van der Waals surface area contributed by atoms with Gasteiger partial charge in [0, 0.05) is 24.4 Å². The summed E-state index contributed by atoms with van der Waals surface area (Å²) in [5, 5.41) is 2.98. The van der Waals surface area contributed by atoms with Gasteiger partial charge in [0.05, 0.1) is 30.7 Å². The summed E-state index contributed by atoms with van der Waals surface area (Å²) in [4.78, 5) is 27.5. The Bertz CT molecular complexity index is 1120. The number of hydrogen-bond acceptors (Lipinski definition) is 6. The van der Waals surface area contributed by atoms with E-state index in [4.69, 9.17) is 21.1 Å². The highest BCUT2D eigenvalue weighted by Gasteiger charge is 2.36. The van der Waals surface area contributed by atoms with E-state index in [1.54, 1.807) is 12.1 Å². The highest BCUT2D eigenvalue weighted by Crippen LogP contribution is 2.36. The number of halogens is 1. The Morgan fingerprint density at radius 3 is 2.48 bits per heavy atom. The summed E-state index contributed by atoms with van der Waals surface area (Å²) in [5.74, 6) is -0.415. The van der Waals surface area contributed by atoms with Crippen LogP contribution < -0.4 is 14.8 Å². The van der Waals surface area contributed by atoms with Crippen molar-refractivity contribution in [2.75, 3.05) is 31.5 Å². The summed E-state index contributed by atoms with van der Waals surface area (Å²) in [6.07, 6.45) is 1.05. The summed E-state index contributed by atoms with van der Waals surface area (Å²) in [5.41, 5.74) is 1.58. The fourth-order valence-corrected chi connectivity index (χ4v) is 4.35. The minimum atomic E-state index is -3.35. The molecule has 0 bridgehead atoms. The minimum Gasteiger partial charge on any atom is -0.495 e. The first kappa shape index (κ1) is 22.9. The molecule has 1 atom stereocenters. The molecule has 0 unspecified atom stereocenters. The van der Waals surface area contributed by atoms with Crippen molar-refractivity contribution >= 4 is 38.9 Å². The molecule has 0 saturated heterocycles. The van der Waals surface area contributed by atoms with Crippen LogP contribution in [-0.4, -0.2) is 57.4 Å². The molecule has 2 aromatic rings. The number of hydrogen-bond donors (Lipinski definition) is 1. The van der Waals surface area contributed by atoms with Crippen LogP contribution in [0.1, 0.15) is 22.3 Å². The van der Waals surface area contributed by atoms with E-state index in [1.165, 1.54) is 31.3 Å². The van der Waals surface area contributed by atoms with Gasteiger partial charge in [0.25, 0.3) is 5.91 Å². The molecule has 0 aromatic heterocycles. The van der Waals surface area contributed by atoms with Crippen LogP contribution >= 0.6 is 11.6 Å². The number of carbonyl (C=O) groups is 2. The summed E-state index contributed by atoms with van der Waals surface area (Å²) in [6, 6.07) is 9.06. The molecule has 31 heavy (non-hydrogen) atoms. The first-order chi connectivity index (χ1) is 14.6. The molecule has 10 heteroatoms. The van der Waals surface area contributed by atoms with E-state index < -0.39 is 21.8 Å². The van der Waals surface area contributed by atoms with Crippen LogP contribution in [0.2, 0.25) is 5.02 Å². The number of amides is 2. The predicted molar refractivity (Wildman–Crippen MR) is 118 cm³/mol. The molecule has 1 heterocycles. The molecular formula is C21H23ClN2O6S. The van der Waals surface area contributed by atoms with E-state index in [0.29, 0.717) is 17.1 Å². The number of carbonyl (C=O) groups excluding carboxylic acids is 2. The van der Waals surface area contributed by atoms with E-state index in [2.05, 4.69) is 5.32 Å². The van der Waals surface area contributed by atoms with Crippen LogP contribution in [-0.2, 0) is 21.2 Å². The number of anilines is 1. The summed E-state index contributed by atoms with van der Waals surface area (Å²) >= 11 is 6.18. The molecule has 0 saturated carbocycles. The van der Waals surface area contributed by atoms with E-state index >= 15 is 0 Å². The maximum Gasteiger partial charge on any atom is 0.255 e. The van der Waals surface area contributed by atoms with Gasteiger partial charge >= 0.3 is 0 Å². The molecule has 0 aliphatic carbocycles. The van der Waals surface area contributed by atoms with Gasteiger partial charge in [-0.2, -0.15) is 0 Å². The molecular weight excluding hydrogens is 444 g/mol. The maximum atomic E-state index is 13.2. The Morgan fingerprint density at radius 2 is 1.87 bits per heavy atom. The zero-order valence-electron chi connectivity index (χ0n) is 17.3. The molecule has 1 N–H and O–H groups in total. The fourth-order valence-electron chi connectivity index (χ4n) is 3.46.